The van der Waals surface area contributed by atoms with E-state index in [1.54, 1.807) is 12.1 Å². The van der Waals surface area contributed by atoms with E-state index < -0.39 is 10.0 Å². The molecule has 0 aliphatic rings. The lowest BCUT2D eigenvalue weighted by atomic mass is 9.90. The molecule has 2 N–H and O–H groups in total. The molecule has 0 fully saturated rings. The Kier molecular flexibility index (Phi) is 6.17. The third-order valence-electron chi connectivity index (χ3n) is 3.50. The fourth-order valence-electron chi connectivity index (χ4n) is 2.45. The van der Waals surface area contributed by atoms with Crippen LogP contribution in [0.5, 0.6) is 0 Å². The number of hydrogen-bond donors (Lipinski definition) is 2. The maximum Gasteiger partial charge on any atom is 0.241 e. The Labute approximate surface area is 123 Å². The molecule has 0 aromatic heterocycles. The van der Waals surface area contributed by atoms with Crippen molar-refractivity contribution in [3.63, 3.8) is 0 Å². The van der Waals surface area contributed by atoms with Gasteiger partial charge in [-0.2, -0.15) is 0 Å². The third-order valence-corrected chi connectivity index (χ3v) is 5.23. The van der Waals surface area contributed by atoms with Gasteiger partial charge in [-0.15, -0.1) is 0 Å². The molecule has 0 radical (unpaired) electrons. The topological polar surface area (TPSA) is 58.2 Å². The molecule has 0 saturated heterocycles. The Bertz CT molecular complexity index is 526. The molecular weight excluding hydrogens is 272 g/mol. The predicted octanol–water partition coefficient (Wildman–Crippen LogP) is 2.47. The number of nitrogens with one attached hydrogen (secondary N) is 2. The largest absolute Gasteiger partial charge is 0.317 e. The highest BCUT2D eigenvalue weighted by molar-refractivity contribution is 7.89. The molecule has 1 rings (SSSR count). The zero-order valence-corrected chi connectivity index (χ0v) is 13.8. The molecule has 20 heavy (non-hydrogen) atoms. The van der Waals surface area contributed by atoms with Gasteiger partial charge >= 0.3 is 0 Å². The van der Waals surface area contributed by atoms with E-state index in [2.05, 4.69) is 23.9 Å². The number of rotatable bonds is 7. The van der Waals surface area contributed by atoms with Gasteiger partial charge in [-0.1, -0.05) is 25.1 Å². The first-order valence-corrected chi connectivity index (χ1v) is 8.60. The minimum absolute atomic E-state index is 0.116. The van der Waals surface area contributed by atoms with Gasteiger partial charge in [-0.25, -0.2) is 13.1 Å². The number of hydrogen-bond acceptors (Lipinski definition) is 3. The van der Waals surface area contributed by atoms with Crippen LogP contribution < -0.4 is 10.0 Å². The summed E-state index contributed by atoms with van der Waals surface area (Å²) < 4.78 is 27.6. The maximum atomic E-state index is 12.5. The average molecular weight is 298 g/mol. The molecular formula is C15H26N2O2S. The second-order valence-electron chi connectivity index (χ2n) is 5.41. The van der Waals surface area contributed by atoms with E-state index in [0.29, 0.717) is 4.90 Å². The quantitative estimate of drug-likeness (QED) is 0.813. The lowest BCUT2D eigenvalue weighted by molar-refractivity contribution is 0.475. The lowest BCUT2D eigenvalue weighted by Gasteiger charge is -2.25. The van der Waals surface area contributed by atoms with Crippen LogP contribution in [0.15, 0.2) is 29.2 Å². The summed E-state index contributed by atoms with van der Waals surface area (Å²) in [5.74, 6) is 0.167. The molecule has 114 valence electrons. The minimum atomic E-state index is -3.46. The van der Waals surface area contributed by atoms with Crippen molar-refractivity contribution < 1.29 is 8.42 Å². The van der Waals surface area contributed by atoms with Crippen LogP contribution in [0.4, 0.5) is 0 Å². The Hall–Kier alpha value is -0.910. The summed E-state index contributed by atoms with van der Waals surface area (Å²) in [5.41, 5.74) is 0.880. The van der Waals surface area contributed by atoms with E-state index >= 15 is 0 Å². The zero-order chi connectivity index (χ0) is 15.3. The smallest absolute Gasteiger partial charge is 0.241 e. The van der Waals surface area contributed by atoms with Crippen LogP contribution in [0, 0.1) is 0 Å². The average Bonchev–Trinajstić information content (AvgIpc) is 2.38. The fourth-order valence-corrected chi connectivity index (χ4v) is 3.98. The number of benzene rings is 1. The van der Waals surface area contributed by atoms with E-state index in [0.717, 1.165) is 12.0 Å². The van der Waals surface area contributed by atoms with Crippen molar-refractivity contribution in [3.8, 4) is 0 Å². The molecule has 0 aliphatic heterocycles. The Morgan fingerprint density at radius 3 is 2.25 bits per heavy atom. The standard InChI is InChI=1S/C15H26N2O2S/c1-6-13(12(4)16-5)14-9-7-8-10-15(14)20(18,19)17-11(2)3/h7-13,16-17H,6H2,1-5H3. The van der Waals surface area contributed by atoms with E-state index in [1.807, 2.05) is 33.0 Å². The number of sulfonamides is 1. The van der Waals surface area contributed by atoms with Gasteiger partial charge in [0.25, 0.3) is 0 Å². The van der Waals surface area contributed by atoms with Crippen LogP contribution in [-0.4, -0.2) is 27.5 Å². The van der Waals surface area contributed by atoms with Gasteiger partial charge in [-0.05, 0) is 45.9 Å². The maximum absolute atomic E-state index is 12.5. The van der Waals surface area contributed by atoms with Crippen molar-refractivity contribution in [1.82, 2.24) is 10.0 Å². The van der Waals surface area contributed by atoms with Gasteiger partial charge in [0.2, 0.25) is 10.0 Å². The van der Waals surface area contributed by atoms with Gasteiger partial charge in [-0.3, -0.25) is 0 Å². The van der Waals surface area contributed by atoms with Crippen molar-refractivity contribution >= 4 is 10.0 Å². The summed E-state index contributed by atoms with van der Waals surface area (Å²) >= 11 is 0. The van der Waals surface area contributed by atoms with Crippen LogP contribution in [0.25, 0.3) is 0 Å². The molecule has 5 heteroatoms. The Morgan fingerprint density at radius 2 is 1.75 bits per heavy atom. The molecule has 1 aromatic rings. The first-order valence-electron chi connectivity index (χ1n) is 7.12. The summed E-state index contributed by atoms with van der Waals surface area (Å²) in [6.07, 6.45) is 0.885. The first kappa shape index (κ1) is 17.1. The van der Waals surface area contributed by atoms with Crippen molar-refractivity contribution in [2.45, 2.75) is 57.0 Å². The van der Waals surface area contributed by atoms with E-state index in [4.69, 9.17) is 0 Å². The van der Waals surface area contributed by atoms with Gasteiger partial charge in [0.05, 0.1) is 4.90 Å². The van der Waals surface area contributed by atoms with Crippen LogP contribution in [0.2, 0.25) is 0 Å². The number of likely N-dealkylation sites (N-methyl/N-ethyl adjacent to an activating group) is 1. The SMILES string of the molecule is CCC(c1ccccc1S(=O)(=O)NC(C)C)C(C)NC. The summed E-state index contributed by atoms with van der Waals surface area (Å²) in [6, 6.07) is 7.37. The molecule has 0 spiro atoms. The third kappa shape index (κ3) is 4.04. The van der Waals surface area contributed by atoms with Crippen LogP contribution in [0.3, 0.4) is 0 Å². The van der Waals surface area contributed by atoms with E-state index in [1.165, 1.54) is 0 Å². The Balaban J connectivity index is 3.29. The van der Waals surface area contributed by atoms with Gasteiger partial charge < -0.3 is 5.32 Å². The normalized spacial score (nSPS) is 15.3. The first-order chi connectivity index (χ1) is 9.33. The van der Waals surface area contributed by atoms with Gasteiger partial charge in [0.15, 0.2) is 0 Å². The van der Waals surface area contributed by atoms with Crippen LogP contribution in [-0.2, 0) is 10.0 Å². The minimum Gasteiger partial charge on any atom is -0.317 e. The second-order valence-corrected chi connectivity index (χ2v) is 7.09. The summed E-state index contributed by atoms with van der Waals surface area (Å²) in [5, 5.41) is 3.22. The molecule has 2 unspecified atom stereocenters. The van der Waals surface area contributed by atoms with Crippen molar-refractivity contribution in [3.05, 3.63) is 29.8 Å². The van der Waals surface area contributed by atoms with Gasteiger partial charge in [0.1, 0.15) is 0 Å². The van der Waals surface area contributed by atoms with Crippen LogP contribution >= 0.6 is 0 Å². The van der Waals surface area contributed by atoms with Gasteiger partial charge in [0, 0.05) is 18.0 Å². The van der Waals surface area contributed by atoms with Crippen molar-refractivity contribution in [1.29, 1.82) is 0 Å². The second kappa shape index (κ2) is 7.20. The summed E-state index contributed by atoms with van der Waals surface area (Å²) in [7, 11) is -1.57. The highest BCUT2D eigenvalue weighted by Crippen LogP contribution is 2.29. The lowest BCUT2D eigenvalue weighted by Crippen LogP contribution is -2.33. The summed E-state index contributed by atoms with van der Waals surface area (Å²) in [6.45, 7) is 7.81. The molecule has 2 atom stereocenters. The molecule has 0 aliphatic carbocycles. The van der Waals surface area contributed by atoms with Crippen LogP contribution in [0.1, 0.15) is 45.6 Å². The molecule has 0 bridgehead atoms. The monoisotopic (exact) mass is 298 g/mol. The summed E-state index contributed by atoms with van der Waals surface area (Å²) in [4.78, 5) is 0.391. The molecule has 0 saturated carbocycles. The fraction of sp³-hybridized carbons (Fsp3) is 0.600. The molecule has 0 heterocycles. The highest BCUT2D eigenvalue weighted by Gasteiger charge is 2.25. The molecule has 0 amide bonds. The van der Waals surface area contributed by atoms with Crippen molar-refractivity contribution in [2.24, 2.45) is 0 Å². The predicted molar refractivity (Wildman–Crippen MR) is 83.5 cm³/mol. The highest BCUT2D eigenvalue weighted by atomic mass is 32.2. The zero-order valence-electron chi connectivity index (χ0n) is 13.0. The molecule has 1 aromatic carbocycles. The van der Waals surface area contributed by atoms with Crippen molar-refractivity contribution in [2.75, 3.05) is 7.05 Å². The molecule has 4 nitrogen and oxygen atoms in total. The van der Waals surface area contributed by atoms with E-state index in [9.17, 15) is 8.42 Å². The Morgan fingerprint density at radius 1 is 1.15 bits per heavy atom. The van der Waals surface area contributed by atoms with E-state index in [-0.39, 0.29) is 18.0 Å².